The van der Waals surface area contributed by atoms with E-state index in [9.17, 15) is 4.79 Å². The highest BCUT2D eigenvalue weighted by molar-refractivity contribution is 5.76. The van der Waals surface area contributed by atoms with E-state index in [1.54, 1.807) is 0 Å². The number of nitrogens with zero attached hydrogens (tertiary/aromatic N) is 3. The fourth-order valence-corrected chi connectivity index (χ4v) is 4.02. The van der Waals surface area contributed by atoms with Crippen molar-refractivity contribution in [1.29, 1.82) is 0 Å². The topological polar surface area (TPSA) is 45.3 Å². The number of ether oxygens (including phenoxy) is 2. The molecule has 6 heteroatoms. The minimum Gasteiger partial charge on any atom is -0.378 e. The van der Waals surface area contributed by atoms with E-state index < -0.39 is 0 Å². The summed E-state index contributed by atoms with van der Waals surface area (Å²) >= 11 is 0. The first kappa shape index (κ1) is 17.1. The van der Waals surface area contributed by atoms with Crippen molar-refractivity contribution in [3.63, 3.8) is 0 Å². The van der Waals surface area contributed by atoms with Crippen molar-refractivity contribution >= 4 is 5.91 Å². The quantitative estimate of drug-likeness (QED) is 0.753. The maximum Gasteiger partial charge on any atom is 0.223 e. The van der Waals surface area contributed by atoms with Crippen molar-refractivity contribution in [1.82, 2.24) is 14.7 Å². The van der Waals surface area contributed by atoms with Crippen LogP contribution in [0.3, 0.4) is 0 Å². The Balaban J connectivity index is 1.48. The number of morpholine rings is 1. The molecular weight excluding hydrogens is 294 g/mol. The molecule has 2 atom stereocenters. The van der Waals surface area contributed by atoms with Crippen LogP contribution in [0.2, 0.25) is 0 Å². The number of rotatable bonds is 3. The summed E-state index contributed by atoms with van der Waals surface area (Å²) in [7, 11) is 2.11. The Morgan fingerprint density at radius 1 is 1.26 bits per heavy atom. The van der Waals surface area contributed by atoms with Gasteiger partial charge in [0.15, 0.2) is 0 Å². The highest BCUT2D eigenvalue weighted by atomic mass is 16.6. The SMILES string of the molecule is C[C@@H]1CN(CCC(=O)N2CCN(C)CC2)C[C@@]2(CCCOC2)O1. The van der Waals surface area contributed by atoms with Crippen LogP contribution in [0.5, 0.6) is 0 Å². The second-order valence-electron chi connectivity index (χ2n) is 7.44. The smallest absolute Gasteiger partial charge is 0.223 e. The summed E-state index contributed by atoms with van der Waals surface area (Å²) in [5.41, 5.74) is -0.146. The van der Waals surface area contributed by atoms with Crippen molar-refractivity contribution in [2.24, 2.45) is 0 Å². The molecule has 23 heavy (non-hydrogen) atoms. The van der Waals surface area contributed by atoms with Crippen LogP contribution in [0.1, 0.15) is 26.2 Å². The Labute approximate surface area is 139 Å². The zero-order valence-corrected chi connectivity index (χ0v) is 14.6. The molecule has 1 amide bonds. The highest BCUT2D eigenvalue weighted by Gasteiger charge is 2.41. The summed E-state index contributed by atoms with van der Waals surface area (Å²) in [6.07, 6.45) is 2.97. The molecule has 3 rings (SSSR count). The molecule has 132 valence electrons. The molecule has 0 unspecified atom stereocenters. The Morgan fingerprint density at radius 3 is 2.74 bits per heavy atom. The van der Waals surface area contributed by atoms with Crippen LogP contribution >= 0.6 is 0 Å². The van der Waals surface area contributed by atoms with Gasteiger partial charge in [-0.3, -0.25) is 9.69 Å². The first-order valence-electron chi connectivity index (χ1n) is 9.01. The van der Waals surface area contributed by atoms with E-state index in [2.05, 4.69) is 23.8 Å². The zero-order valence-electron chi connectivity index (χ0n) is 14.6. The van der Waals surface area contributed by atoms with Crippen molar-refractivity contribution in [3.8, 4) is 0 Å². The van der Waals surface area contributed by atoms with Gasteiger partial charge in [-0.15, -0.1) is 0 Å². The van der Waals surface area contributed by atoms with Gasteiger partial charge in [0.25, 0.3) is 0 Å². The molecule has 3 heterocycles. The monoisotopic (exact) mass is 325 g/mol. The van der Waals surface area contributed by atoms with Crippen molar-refractivity contribution in [2.75, 3.05) is 66.1 Å². The van der Waals surface area contributed by atoms with Crippen LogP contribution < -0.4 is 0 Å². The minimum atomic E-state index is -0.146. The molecule has 3 aliphatic heterocycles. The Hall–Kier alpha value is -0.690. The first-order valence-corrected chi connectivity index (χ1v) is 9.01. The second-order valence-corrected chi connectivity index (χ2v) is 7.44. The summed E-state index contributed by atoms with van der Waals surface area (Å²) in [6.45, 7) is 10.0. The fraction of sp³-hybridized carbons (Fsp3) is 0.941. The molecule has 6 nitrogen and oxygen atoms in total. The molecule has 3 fully saturated rings. The van der Waals surface area contributed by atoms with Crippen molar-refractivity contribution < 1.29 is 14.3 Å². The van der Waals surface area contributed by atoms with Crippen LogP contribution in [0, 0.1) is 0 Å². The number of carbonyl (C=O) groups excluding carboxylic acids is 1. The molecule has 0 saturated carbocycles. The van der Waals surface area contributed by atoms with E-state index in [-0.39, 0.29) is 11.7 Å². The van der Waals surface area contributed by atoms with Crippen LogP contribution in [0.15, 0.2) is 0 Å². The fourth-order valence-electron chi connectivity index (χ4n) is 4.02. The van der Waals surface area contributed by atoms with Gasteiger partial charge in [0, 0.05) is 58.8 Å². The van der Waals surface area contributed by atoms with Gasteiger partial charge in [-0.05, 0) is 26.8 Å². The number of hydrogen-bond donors (Lipinski definition) is 0. The van der Waals surface area contributed by atoms with Gasteiger partial charge in [-0.1, -0.05) is 0 Å². The van der Waals surface area contributed by atoms with Gasteiger partial charge in [0.1, 0.15) is 5.60 Å². The molecule has 0 bridgehead atoms. The summed E-state index contributed by atoms with van der Waals surface area (Å²) in [6, 6.07) is 0. The molecule has 0 radical (unpaired) electrons. The number of hydrogen-bond acceptors (Lipinski definition) is 5. The van der Waals surface area contributed by atoms with Crippen LogP contribution in [0.4, 0.5) is 0 Å². The molecular formula is C17H31N3O3. The van der Waals surface area contributed by atoms with E-state index in [1.165, 1.54) is 0 Å². The molecule has 0 aliphatic carbocycles. The van der Waals surface area contributed by atoms with Gasteiger partial charge in [-0.25, -0.2) is 0 Å². The van der Waals surface area contributed by atoms with Gasteiger partial charge in [-0.2, -0.15) is 0 Å². The molecule has 0 N–H and O–H groups in total. The van der Waals surface area contributed by atoms with Gasteiger partial charge in [0.05, 0.1) is 12.7 Å². The first-order chi connectivity index (χ1) is 11.1. The Morgan fingerprint density at radius 2 is 2.04 bits per heavy atom. The summed E-state index contributed by atoms with van der Waals surface area (Å²) in [5, 5.41) is 0. The third kappa shape index (κ3) is 4.44. The van der Waals surface area contributed by atoms with E-state index in [1.807, 2.05) is 4.90 Å². The van der Waals surface area contributed by atoms with Gasteiger partial charge >= 0.3 is 0 Å². The highest BCUT2D eigenvalue weighted by Crippen LogP contribution is 2.30. The zero-order chi connectivity index (χ0) is 16.3. The average Bonchev–Trinajstić information content (AvgIpc) is 2.53. The molecule has 3 aliphatic rings. The molecule has 0 aromatic carbocycles. The third-order valence-electron chi connectivity index (χ3n) is 5.26. The van der Waals surface area contributed by atoms with Crippen molar-refractivity contribution in [3.05, 3.63) is 0 Å². The summed E-state index contributed by atoms with van der Waals surface area (Å²) in [5.74, 6) is 0.297. The van der Waals surface area contributed by atoms with Gasteiger partial charge in [0.2, 0.25) is 5.91 Å². The lowest BCUT2D eigenvalue weighted by Crippen LogP contribution is -2.59. The maximum absolute atomic E-state index is 12.4. The predicted molar refractivity (Wildman–Crippen MR) is 88.5 cm³/mol. The van der Waals surface area contributed by atoms with Gasteiger partial charge < -0.3 is 19.3 Å². The minimum absolute atomic E-state index is 0.146. The van der Waals surface area contributed by atoms with Crippen LogP contribution in [-0.4, -0.2) is 98.4 Å². The van der Waals surface area contributed by atoms with Crippen LogP contribution in [0.25, 0.3) is 0 Å². The Bertz CT molecular complexity index is 404. The summed E-state index contributed by atoms with van der Waals surface area (Å²) in [4.78, 5) is 19.1. The predicted octanol–water partition coefficient (Wildman–Crippen LogP) is 0.420. The number of amides is 1. The second kappa shape index (κ2) is 7.47. The standard InChI is InChI=1S/C17H31N3O3/c1-15-12-19(13-17(23-15)5-3-11-22-14-17)6-4-16(21)20-9-7-18(2)8-10-20/h15H,3-14H2,1-2H3/t15-,17-/m1/s1. The average molecular weight is 325 g/mol. The normalized spacial score (nSPS) is 34.0. The van der Waals surface area contributed by atoms with E-state index in [4.69, 9.17) is 9.47 Å². The van der Waals surface area contributed by atoms with Crippen molar-refractivity contribution in [2.45, 2.75) is 37.9 Å². The summed E-state index contributed by atoms with van der Waals surface area (Å²) < 4.78 is 11.9. The molecule has 1 spiro atoms. The largest absolute Gasteiger partial charge is 0.378 e. The lowest BCUT2D eigenvalue weighted by molar-refractivity contribution is -0.196. The molecule has 0 aromatic heterocycles. The number of likely N-dealkylation sites (N-methyl/N-ethyl adjacent to an activating group) is 1. The number of carbonyl (C=O) groups is 1. The van der Waals surface area contributed by atoms with E-state index >= 15 is 0 Å². The lowest BCUT2D eigenvalue weighted by Gasteiger charge is -2.47. The maximum atomic E-state index is 12.4. The lowest BCUT2D eigenvalue weighted by atomic mass is 9.93. The Kier molecular flexibility index (Phi) is 5.57. The molecule has 3 saturated heterocycles. The third-order valence-corrected chi connectivity index (χ3v) is 5.26. The van der Waals surface area contributed by atoms with Crippen LogP contribution in [-0.2, 0) is 14.3 Å². The molecule has 0 aromatic rings. The number of piperazine rings is 1. The van der Waals surface area contributed by atoms with E-state index in [0.717, 1.165) is 65.3 Å². The van der Waals surface area contributed by atoms with E-state index in [0.29, 0.717) is 18.9 Å².